The number of fused-ring (bicyclic) bond motifs is 5. The molecule has 0 unspecified atom stereocenters. The van der Waals surface area contributed by atoms with Crippen molar-refractivity contribution in [2.24, 2.45) is 0 Å². The van der Waals surface area contributed by atoms with Gasteiger partial charge in [-0.3, -0.25) is 0 Å². The maximum absolute atomic E-state index is 8.84. The monoisotopic (exact) mass is 656 g/mol. The summed E-state index contributed by atoms with van der Waals surface area (Å²) >= 11 is 0. The number of hydrogen-bond donors (Lipinski definition) is 0. The fraction of sp³-hybridized carbons (Fsp3) is 0. The van der Waals surface area contributed by atoms with Crippen molar-refractivity contribution in [2.75, 3.05) is 0 Å². The second-order valence-corrected chi connectivity index (χ2v) is 12.5. The quantitative estimate of drug-likeness (QED) is 0.185. The number of hydrogen-bond acceptors (Lipinski definition) is 4. The number of rotatable bonds is 5. The first-order chi connectivity index (χ1) is 27.3. The topological polar surface area (TPSA) is 51.8 Å². The minimum Gasteiger partial charge on any atom is -0.455 e. The molecule has 0 atom stereocenters. The Balaban J connectivity index is 1.19. The van der Waals surface area contributed by atoms with Gasteiger partial charge >= 0.3 is 0 Å². The van der Waals surface area contributed by atoms with Crippen molar-refractivity contribution in [1.29, 1.82) is 0 Å². The highest BCUT2D eigenvalue weighted by molar-refractivity contribution is 6.12. The zero-order valence-corrected chi connectivity index (χ0v) is 27.1. The number of furan rings is 1. The van der Waals surface area contributed by atoms with Gasteiger partial charge in [-0.1, -0.05) is 139 Å². The van der Waals surface area contributed by atoms with Gasteiger partial charge in [0.25, 0.3) is 0 Å². The van der Waals surface area contributed by atoms with E-state index in [2.05, 4.69) is 48.5 Å². The van der Waals surface area contributed by atoms with E-state index in [9.17, 15) is 0 Å². The Kier molecular flexibility index (Phi) is 5.66. The van der Waals surface area contributed by atoms with Crippen LogP contribution in [0.3, 0.4) is 0 Å². The first-order valence-electron chi connectivity index (χ1n) is 19.2. The van der Waals surface area contributed by atoms with Gasteiger partial charge in [0.2, 0.25) is 0 Å². The van der Waals surface area contributed by atoms with Crippen molar-refractivity contribution in [2.45, 2.75) is 0 Å². The minimum absolute atomic E-state index is 0.0792. The SMILES string of the molecule is [2H]c1c([2H])c([2H])c(-c2cc(-c3ccccc3)cc3c2oc2cc(-c4nc(-c5ccc6ccccc6c5)nc(-c5ccc6ccccc6c5)n4)ccc23)c([2H])c1[2H]. The van der Waals surface area contributed by atoms with Gasteiger partial charge in [-0.15, -0.1) is 0 Å². The fourth-order valence-corrected chi connectivity index (χ4v) is 6.80. The highest BCUT2D eigenvalue weighted by Crippen LogP contribution is 2.40. The van der Waals surface area contributed by atoms with E-state index in [-0.39, 0.29) is 17.6 Å². The summed E-state index contributed by atoms with van der Waals surface area (Å²) in [6.45, 7) is 0. The largest absolute Gasteiger partial charge is 0.455 e. The lowest BCUT2D eigenvalue weighted by molar-refractivity contribution is 0.670. The van der Waals surface area contributed by atoms with Gasteiger partial charge in [-0.2, -0.15) is 0 Å². The predicted octanol–water partition coefficient (Wildman–Crippen LogP) is 12.4. The Hall–Kier alpha value is -6.91. The van der Waals surface area contributed by atoms with Crippen molar-refractivity contribution in [3.8, 4) is 56.4 Å². The molecule has 8 aromatic carbocycles. The van der Waals surface area contributed by atoms with Crippen molar-refractivity contribution < 1.29 is 11.3 Å². The highest BCUT2D eigenvalue weighted by Gasteiger charge is 2.18. The summed E-state index contributed by atoms with van der Waals surface area (Å²) < 4.78 is 49.4. The van der Waals surface area contributed by atoms with Crippen LogP contribution in [0.4, 0.5) is 0 Å². The van der Waals surface area contributed by atoms with Crippen molar-refractivity contribution in [1.82, 2.24) is 15.0 Å². The summed E-state index contributed by atoms with van der Waals surface area (Å²) in [6.07, 6.45) is 0. The maximum atomic E-state index is 8.84. The van der Waals surface area contributed by atoms with E-state index in [1.165, 1.54) is 0 Å². The van der Waals surface area contributed by atoms with Gasteiger partial charge in [-0.05, 0) is 74.6 Å². The average molecular weight is 657 g/mol. The lowest BCUT2D eigenvalue weighted by atomic mass is 9.95. The van der Waals surface area contributed by atoms with Gasteiger partial charge in [-0.25, -0.2) is 15.0 Å². The molecule has 2 heterocycles. The molecule has 0 aliphatic heterocycles. The lowest BCUT2D eigenvalue weighted by Gasteiger charge is -2.10. The fourth-order valence-electron chi connectivity index (χ4n) is 6.80. The standard InChI is InChI=1S/C47H29N3O/c1-3-11-30(12-4-1)39-27-41(33-15-5-2-6-16-33)44-42(28-39)40-24-23-38(29-43(40)51-44)47-49-45(36-21-19-31-13-7-9-17-34(31)25-36)48-46(50-47)37-22-20-32-14-8-10-18-35(32)26-37/h1-29H/i2D,5D,6D,15D,16D. The molecule has 0 bridgehead atoms. The van der Waals surface area contributed by atoms with Crippen molar-refractivity contribution in [3.63, 3.8) is 0 Å². The number of aromatic nitrogens is 3. The summed E-state index contributed by atoms with van der Waals surface area (Å²) in [6, 6.07) is 46.3. The van der Waals surface area contributed by atoms with Gasteiger partial charge in [0.15, 0.2) is 17.5 Å². The second kappa shape index (κ2) is 11.9. The molecule has 4 heteroatoms. The van der Waals surface area contributed by atoms with Gasteiger partial charge in [0.05, 0.1) is 6.85 Å². The van der Waals surface area contributed by atoms with Crippen LogP contribution in [0.2, 0.25) is 0 Å². The second-order valence-electron chi connectivity index (χ2n) is 12.5. The van der Waals surface area contributed by atoms with Gasteiger partial charge in [0.1, 0.15) is 11.2 Å². The molecule has 0 aliphatic rings. The minimum atomic E-state index is -0.447. The van der Waals surface area contributed by atoms with E-state index in [4.69, 9.17) is 26.2 Å². The van der Waals surface area contributed by atoms with E-state index < -0.39 is 18.1 Å². The Morgan fingerprint density at radius 1 is 0.392 bits per heavy atom. The van der Waals surface area contributed by atoms with Crippen molar-refractivity contribution in [3.05, 3.63) is 176 Å². The molecule has 0 aliphatic carbocycles. The Labute approximate surface area is 301 Å². The van der Waals surface area contributed by atoms with Crippen LogP contribution in [-0.4, -0.2) is 15.0 Å². The molecule has 0 saturated heterocycles. The number of nitrogens with zero attached hydrogens (tertiary/aromatic N) is 3. The maximum Gasteiger partial charge on any atom is 0.164 e. The molecule has 4 nitrogen and oxygen atoms in total. The van der Waals surface area contributed by atoms with E-state index >= 15 is 0 Å². The summed E-state index contributed by atoms with van der Waals surface area (Å²) in [5.41, 5.74) is 5.60. The Morgan fingerprint density at radius 2 is 0.941 bits per heavy atom. The summed E-state index contributed by atoms with van der Waals surface area (Å²) in [4.78, 5) is 15.1. The van der Waals surface area contributed by atoms with Crippen LogP contribution in [0.5, 0.6) is 0 Å². The summed E-state index contributed by atoms with van der Waals surface area (Å²) in [7, 11) is 0. The third-order valence-corrected chi connectivity index (χ3v) is 9.36. The molecular formula is C47H29N3O. The van der Waals surface area contributed by atoms with Crippen LogP contribution >= 0.6 is 0 Å². The lowest BCUT2D eigenvalue weighted by Crippen LogP contribution is -2.00. The molecule has 0 radical (unpaired) electrons. The molecule has 0 N–H and O–H groups in total. The molecule has 0 fully saturated rings. The molecular weight excluding hydrogens is 623 g/mol. The zero-order chi connectivity index (χ0) is 38.1. The molecule has 10 rings (SSSR count). The molecule has 238 valence electrons. The average Bonchev–Trinajstić information content (AvgIpc) is 3.63. The zero-order valence-electron chi connectivity index (χ0n) is 32.1. The summed E-state index contributed by atoms with van der Waals surface area (Å²) in [5.74, 6) is 1.53. The van der Waals surface area contributed by atoms with Crippen LogP contribution in [0.1, 0.15) is 6.85 Å². The normalized spacial score (nSPS) is 12.9. The molecule has 51 heavy (non-hydrogen) atoms. The van der Waals surface area contributed by atoms with E-state index in [1.54, 1.807) is 0 Å². The van der Waals surface area contributed by atoms with Crippen LogP contribution in [0, 0.1) is 0 Å². The Bertz CT molecular complexity index is 3090. The Morgan fingerprint density at radius 3 is 1.57 bits per heavy atom. The summed E-state index contributed by atoms with van der Waals surface area (Å²) in [5, 5.41) is 5.94. The molecule has 10 aromatic rings. The smallest absolute Gasteiger partial charge is 0.164 e. The van der Waals surface area contributed by atoms with Crippen molar-refractivity contribution >= 4 is 43.5 Å². The van der Waals surface area contributed by atoms with E-state index in [0.29, 0.717) is 39.8 Å². The molecule has 0 spiro atoms. The van der Waals surface area contributed by atoms with E-state index in [0.717, 1.165) is 54.6 Å². The van der Waals surface area contributed by atoms with E-state index in [1.807, 2.05) is 97.1 Å². The van der Waals surface area contributed by atoms with Gasteiger partial charge < -0.3 is 4.42 Å². The molecule has 0 saturated carbocycles. The number of benzene rings is 8. The van der Waals surface area contributed by atoms with Crippen LogP contribution in [0.25, 0.3) is 99.9 Å². The third-order valence-electron chi connectivity index (χ3n) is 9.36. The van der Waals surface area contributed by atoms with Crippen LogP contribution in [-0.2, 0) is 0 Å². The molecule has 2 aromatic heterocycles. The van der Waals surface area contributed by atoms with Gasteiger partial charge in [0, 0.05) is 33.0 Å². The highest BCUT2D eigenvalue weighted by atomic mass is 16.3. The van der Waals surface area contributed by atoms with Crippen LogP contribution < -0.4 is 0 Å². The predicted molar refractivity (Wildman–Crippen MR) is 209 cm³/mol. The first-order valence-corrected chi connectivity index (χ1v) is 16.7. The molecule has 0 amide bonds. The first kappa shape index (κ1) is 24.3. The van der Waals surface area contributed by atoms with Crippen LogP contribution in [0.15, 0.2) is 180 Å². The third kappa shape index (κ3) is 5.22.